The van der Waals surface area contributed by atoms with Crippen molar-refractivity contribution < 1.29 is 21.9 Å². The fraction of sp³-hybridized carbons (Fsp3) is 0.938. The van der Waals surface area contributed by atoms with Gasteiger partial charge in [0.2, 0.25) is 0 Å². The van der Waals surface area contributed by atoms with Crippen LogP contribution in [-0.2, 0) is 19.1 Å². The first kappa shape index (κ1) is 44.7. The summed E-state index contributed by atoms with van der Waals surface area (Å²) in [7, 11) is 0. The number of rotatable bonds is 28. The summed E-state index contributed by atoms with van der Waals surface area (Å²) < 4.78 is 9.94. The molecular formula is C32H66BaO4S2. The number of hydrogen-bond acceptors (Lipinski definition) is 6. The van der Waals surface area contributed by atoms with E-state index in [2.05, 4.69) is 39.1 Å². The Morgan fingerprint density at radius 2 is 0.692 bits per heavy atom. The second kappa shape index (κ2) is 41.3. The zero-order chi connectivity index (χ0) is 28.4. The van der Waals surface area contributed by atoms with Crippen LogP contribution in [0.1, 0.15) is 171 Å². The van der Waals surface area contributed by atoms with Gasteiger partial charge in [-0.05, 0) is 12.8 Å². The molecule has 0 saturated carbocycles. The third kappa shape index (κ3) is 43.8. The molecule has 0 atom stereocenters. The van der Waals surface area contributed by atoms with Crippen molar-refractivity contribution in [1.82, 2.24) is 0 Å². The smallest absolute Gasteiger partial charge is 1.00 e. The van der Waals surface area contributed by atoms with Crippen molar-refractivity contribution in [3.8, 4) is 0 Å². The van der Waals surface area contributed by atoms with Crippen molar-refractivity contribution in [2.45, 2.75) is 168 Å². The molecule has 0 fully saturated rings. The summed E-state index contributed by atoms with van der Waals surface area (Å²) in [6, 6.07) is 0. The molecule has 0 unspecified atom stereocenters. The quantitative estimate of drug-likeness (QED) is 0.0367. The summed E-state index contributed by atoms with van der Waals surface area (Å²) in [5, 5.41) is 0. The van der Waals surface area contributed by atoms with Gasteiger partial charge >= 0.3 is 60.8 Å². The normalized spacial score (nSPS) is 10.4. The zero-order valence-electron chi connectivity index (χ0n) is 28.0. The Kier molecular flexibility index (Phi) is 47.3. The zero-order valence-corrected chi connectivity index (χ0v) is 32.3. The molecule has 0 aromatic heterocycles. The van der Waals surface area contributed by atoms with E-state index in [1.54, 1.807) is 0 Å². The second-order valence-corrected chi connectivity index (χ2v) is 11.4. The monoisotopic (exact) mass is 716 g/mol. The Morgan fingerprint density at radius 1 is 0.462 bits per heavy atom. The van der Waals surface area contributed by atoms with Gasteiger partial charge in [-0.25, -0.2) is 0 Å². The van der Waals surface area contributed by atoms with Crippen LogP contribution >= 0.6 is 25.3 Å². The molecule has 0 rings (SSSR count). The molecule has 0 saturated heterocycles. The number of esters is 2. The summed E-state index contributed by atoms with van der Waals surface area (Å²) in [6.07, 6.45) is 29.9. The average molecular weight is 716 g/mol. The van der Waals surface area contributed by atoms with Crippen LogP contribution in [0.3, 0.4) is 0 Å². The third-order valence-corrected chi connectivity index (χ3v) is 7.04. The van der Waals surface area contributed by atoms with E-state index >= 15 is 0 Å². The molecular weight excluding hydrogens is 650 g/mol. The molecule has 0 aliphatic heterocycles. The van der Waals surface area contributed by atoms with Gasteiger partial charge < -0.3 is 12.3 Å². The topological polar surface area (TPSA) is 52.6 Å². The Labute approximate surface area is 297 Å². The third-order valence-electron chi connectivity index (χ3n) is 6.68. The molecule has 0 bridgehead atoms. The van der Waals surface area contributed by atoms with Crippen LogP contribution in [-0.4, -0.2) is 85.5 Å². The first-order valence-electron chi connectivity index (χ1n) is 16.1. The van der Waals surface area contributed by atoms with Crippen LogP contribution in [0.4, 0.5) is 0 Å². The van der Waals surface area contributed by atoms with E-state index < -0.39 is 0 Å². The average Bonchev–Trinajstić information content (AvgIpc) is 2.92. The number of ether oxygens (including phenoxy) is 2. The second-order valence-electron chi connectivity index (χ2n) is 10.5. The maximum atomic E-state index is 11.2. The van der Waals surface area contributed by atoms with Gasteiger partial charge in [0.05, 0.1) is 0 Å². The van der Waals surface area contributed by atoms with Gasteiger partial charge in [0, 0.05) is 24.3 Å². The first-order chi connectivity index (χ1) is 18.6. The minimum absolute atomic E-state index is 0. The Bertz CT molecular complexity index is 451. The SMILES string of the molecule is CCCCCCCCCCCCCC(=O)OCCS.CCCCCCCCCCCCCC(=O)OCCS.[Ba+2].[H-].[H-]. The maximum Gasteiger partial charge on any atom is 2.00 e. The molecule has 7 heteroatoms. The minimum atomic E-state index is -0.0648. The minimum Gasteiger partial charge on any atom is -1.00 e. The van der Waals surface area contributed by atoms with Crippen LogP contribution in [0.15, 0.2) is 0 Å². The van der Waals surface area contributed by atoms with Crippen molar-refractivity contribution in [2.24, 2.45) is 0 Å². The van der Waals surface area contributed by atoms with Crippen LogP contribution in [0, 0.1) is 0 Å². The van der Waals surface area contributed by atoms with Crippen molar-refractivity contribution >= 4 is 86.1 Å². The van der Waals surface area contributed by atoms with E-state index in [0.29, 0.717) is 37.6 Å². The van der Waals surface area contributed by atoms with Crippen LogP contribution < -0.4 is 0 Å². The van der Waals surface area contributed by atoms with Gasteiger partial charge in [0.15, 0.2) is 0 Å². The molecule has 0 amide bonds. The van der Waals surface area contributed by atoms with Crippen molar-refractivity contribution in [3.05, 3.63) is 0 Å². The first-order valence-corrected chi connectivity index (χ1v) is 17.4. The number of carbonyl (C=O) groups is 2. The van der Waals surface area contributed by atoms with Gasteiger partial charge in [-0.15, -0.1) is 0 Å². The van der Waals surface area contributed by atoms with Crippen LogP contribution in [0.5, 0.6) is 0 Å². The van der Waals surface area contributed by atoms with E-state index in [1.165, 1.54) is 116 Å². The predicted molar refractivity (Wildman–Crippen MR) is 180 cm³/mol. The number of unbranched alkanes of at least 4 members (excludes halogenated alkanes) is 20. The van der Waals surface area contributed by atoms with Crippen molar-refractivity contribution in [3.63, 3.8) is 0 Å². The fourth-order valence-electron chi connectivity index (χ4n) is 4.33. The largest absolute Gasteiger partial charge is 2.00 e. The molecule has 0 aromatic carbocycles. The van der Waals surface area contributed by atoms with Crippen molar-refractivity contribution in [2.75, 3.05) is 24.7 Å². The molecule has 0 spiro atoms. The molecule has 232 valence electrons. The van der Waals surface area contributed by atoms with Crippen LogP contribution in [0.25, 0.3) is 0 Å². The molecule has 0 N–H and O–H groups in total. The van der Waals surface area contributed by atoms with E-state index in [4.69, 9.17) is 9.47 Å². The molecule has 4 nitrogen and oxygen atoms in total. The van der Waals surface area contributed by atoms with Crippen molar-refractivity contribution in [1.29, 1.82) is 0 Å². The number of thiol groups is 2. The maximum absolute atomic E-state index is 11.2. The van der Waals surface area contributed by atoms with Gasteiger partial charge in [-0.2, -0.15) is 25.3 Å². The molecule has 0 aromatic rings. The Morgan fingerprint density at radius 3 is 0.923 bits per heavy atom. The number of carbonyl (C=O) groups excluding carboxylic acids is 2. The summed E-state index contributed by atoms with van der Waals surface area (Å²) >= 11 is 8.00. The summed E-state index contributed by atoms with van der Waals surface area (Å²) in [5.74, 6) is 1.10. The van der Waals surface area contributed by atoms with Gasteiger partial charge in [0.25, 0.3) is 0 Å². The van der Waals surface area contributed by atoms with Gasteiger partial charge in [0.1, 0.15) is 13.2 Å². The Hall–Kier alpha value is 1.21. The summed E-state index contributed by atoms with van der Waals surface area (Å²) in [5.41, 5.74) is 0. The molecule has 0 heterocycles. The van der Waals surface area contributed by atoms with Crippen LogP contribution in [0.2, 0.25) is 0 Å². The van der Waals surface area contributed by atoms with E-state index in [-0.39, 0.29) is 63.7 Å². The molecule has 39 heavy (non-hydrogen) atoms. The van der Waals surface area contributed by atoms with E-state index in [1.807, 2.05) is 0 Å². The predicted octanol–water partition coefficient (Wildman–Crippen LogP) is 10.2. The van der Waals surface area contributed by atoms with Gasteiger partial charge in [-0.3, -0.25) is 9.59 Å². The Balaban J connectivity index is -0.000000196. The standard InChI is InChI=1S/2C16H32O2S.Ba.2H/c2*1-2-3-4-5-6-7-8-9-10-11-12-13-16(17)18-14-15-19;;;/h2*19H,2-15H2,1H3;;;/q;;+2;2*-1. The molecule has 0 radical (unpaired) electrons. The fourth-order valence-corrected chi connectivity index (χ4v) is 4.51. The van der Waals surface area contributed by atoms with E-state index in [0.717, 1.165) is 25.7 Å². The molecule has 0 aliphatic carbocycles. The summed E-state index contributed by atoms with van der Waals surface area (Å²) in [6.45, 7) is 5.41. The molecule has 0 aliphatic rings. The van der Waals surface area contributed by atoms with Gasteiger partial charge in [-0.1, -0.05) is 142 Å². The summed E-state index contributed by atoms with van der Waals surface area (Å²) in [4.78, 5) is 22.4. The number of hydrogen-bond donors (Lipinski definition) is 2. The van der Waals surface area contributed by atoms with E-state index in [9.17, 15) is 9.59 Å².